The number of hydrogen-bond acceptors (Lipinski definition) is 4. The number of carbonyl (C=O) groups excluding carboxylic acids is 1. The summed E-state index contributed by atoms with van der Waals surface area (Å²) in [6.45, 7) is 3.69. The SMILES string of the molecule is CC(C)(NCC(=O)N1CCc2cc(S(N)(=O)=O)ccc21)c1cccc(C(F)(F)F)c1. The Morgan fingerprint density at radius 3 is 2.43 bits per heavy atom. The second-order valence-electron chi connectivity index (χ2n) is 7.69. The van der Waals surface area contributed by atoms with E-state index in [1.807, 2.05) is 0 Å². The first kappa shape index (κ1) is 22.3. The molecule has 0 fully saturated rings. The highest BCUT2D eigenvalue weighted by Gasteiger charge is 2.33. The van der Waals surface area contributed by atoms with Crippen molar-refractivity contribution in [3.8, 4) is 0 Å². The van der Waals surface area contributed by atoms with E-state index in [1.54, 1.807) is 19.9 Å². The Bertz CT molecular complexity index is 1080. The predicted octanol–water partition coefficient (Wildman–Crippen LogP) is 2.77. The molecule has 1 aliphatic heterocycles. The number of nitrogens with zero attached hydrogens (tertiary/aromatic N) is 1. The fourth-order valence-electron chi connectivity index (χ4n) is 3.39. The Morgan fingerprint density at radius 2 is 1.80 bits per heavy atom. The monoisotopic (exact) mass is 441 g/mol. The molecule has 0 bridgehead atoms. The molecule has 3 rings (SSSR count). The molecule has 0 radical (unpaired) electrons. The van der Waals surface area contributed by atoms with Gasteiger partial charge in [0.2, 0.25) is 15.9 Å². The van der Waals surface area contributed by atoms with Crippen LogP contribution in [0.15, 0.2) is 47.4 Å². The van der Waals surface area contributed by atoms with Gasteiger partial charge >= 0.3 is 6.18 Å². The number of amides is 1. The number of halogens is 3. The molecule has 6 nitrogen and oxygen atoms in total. The molecule has 0 spiro atoms. The second kappa shape index (κ2) is 7.68. The Labute approximate surface area is 172 Å². The van der Waals surface area contributed by atoms with Crippen LogP contribution in [0.25, 0.3) is 0 Å². The molecule has 0 aromatic heterocycles. The number of fused-ring (bicyclic) bond motifs is 1. The van der Waals surface area contributed by atoms with Gasteiger partial charge in [-0.1, -0.05) is 12.1 Å². The third-order valence-electron chi connectivity index (χ3n) is 5.17. The minimum atomic E-state index is -4.45. The summed E-state index contributed by atoms with van der Waals surface area (Å²) in [5.74, 6) is -0.267. The Kier molecular flexibility index (Phi) is 5.70. The van der Waals surface area contributed by atoms with Crippen LogP contribution in [0.3, 0.4) is 0 Å². The molecular weight excluding hydrogens is 419 g/mol. The minimum absolute atomic E-state index is 0.0145. The summed E-state index contributed by atoms with van der Waals surface area (Å²) in [6.07, 6.45) is -3.96. The molecule has 0 atom stereocenters. The molecular formula is C20H22F3N3O3S. The van der Waals surface area contributed by atoms with E-state index in [2.05, 4.69) is 5.32 Å². The van der Waals surface area contributed by atoms with Crippen molar-refractivity contribution in [3.63, 3.8) is 0 Å². The maximum atomic E-state index is 13.0. The lowest BCUT2D eigenvalue weighted by Gasteiger charge is -2.29. The zero-order valence-electron chi connectivity index (χ0n) is 16.5. The van der Waals surface area contributed by atoms with Gasteiger partial charge in [0.05, 0.1) is 17.0 Å². The Morgan fingerprint density at radius 1 is 1.13 bits per heavy atom. The van der Waals surface area contributed by atoms with E-state index < -0.39 is 27.3 Å². The molecule has 1 aliphatic rings. The van der Waals surface area contributed by atoms with Gasteiger partial charge in [-0.05, 0) is 61.7 Å². The number of anilines is 1. The van der Waals surface area contributed by atoms with Crippen molar-refractivity contribution < 1.29 is 26.4 Å². The van der Waals surface area contributed by atoms with Crippen molar-refractivity contribution in [1.29, 1.82) is 0 Å². The number of rotatable bonds is 5. The molecule has 0 saturated heterocycles. The maximum Gasteiger partial charge on any atom is 0.416 e. The maximum absolute atomic E-state index is 13.0. The second-order valence-corrected chi connectivity index (χ2v) is 9.25. The van der Waals surface area contributed by atoms with Gasteiger partial charge in [-0.15, -0.1) is 0 Å². The third-order valence-corrected chi connectivity index (χ3v) is 6.08. The minimum Gasteiger partial charge on any atom is -0.311 e. The largest absolute Gasteiger partial charge is 0.416 e. The zero-order chi connectivity index (χ0) is 22.3. The molecule has 30 heavy (non-hydrogen) atoms. The lowest BCUT2D eigenvalue weighted by molar-refractivity contribution is -0.137. The van der Waals surface area contributed by atoms with E-state index in [0.717, 1.165) is 12.1 Å². The average Bonchev–Trinajstić information content (AvgIpc) is 3.08. The average molecular weight is 441 g/mol. The third kappa shape index (κ3) is 4.66. The van der Waals surface area contributed by atoms with E-state index in [1.165, 1.54) is 29.2 Å². The fraction of sp³-hybridized carbons (Fsp3) is 0.350. The molecule has 3 N–H and O–H groups in total. The van der Waals surface area contributed by atoms with Crippen LogP contribution in [0.4, 0.5) is 18.9 Å². The highest BCUT2D eigenvalue weighted by molar-refractivity contribution is 7.89. The van der Waals surface area contributed by atoms with E-state index in [9.17, 15) is 26.4 Å². The fourth-order valence-corrected chi connectivity index (χ4v) is 3.96. The highest BCUT2D eigenvalue weighted by atomic mass is 32.2. The van der Waals surface area contributed by atoms with Crippen LogP contribution in [0.5, 0.6) is 0 Å². The molecule has 162 valence electrons. The van der Waals surface area contributed by atoms with E-state index in [0.29, 0.717) is 29.8 Å². The summed E-state index contributed by atoms with van der Waals surface area (Å²) < 4.78 is 62.0. The summed E-state index contributed by atoms with van der Waals surface area (Å²) >= 11 is 0. The summed E-state index contributed by atoms with van der Waals surface area (Å²) in [4.78, 5) is 14.2. The van der Waals surface area contributed by atoms with Crippen molar-refractivity contribution >= 4 is 21.6 Å². The van der Waals surface area contributed by atoms with E-state index >= 15 is 0 Å². The number of nitrogens with one attached hydrogen (secondary N) is 1. The van der Waals surface area contributed by atoms with Crippen LogP contribution in [0.1, 0.15) is 30.5 Å². The van der Waals surface area contributed by atoms with Gasteiger partial charge in [-0.2, -0.15) is 13.2 Å². The summed E-state index contributed by atoms with van der Waals surface area (Å²) in [5, 5.41) is 8.17. The summed E-state index contributed by atoms with van der Waals surface area (Å²) in [7, 11) is -3.83. The number of sulfonamides is 1. The predicted molar refractivity (Wildman–Crippen MR) is 106 cm³/mol. The molecule has 0 unspecified atom stereocenters. The highest BCUT2D eigenvalue weighted by Crippen LogP contribution is 2.33. The van der Waals surface area contributed by atoms with Gasteiger partial charge in [0.1, 0.15) is 0 Å². The Hall–Kier alpha value is -2.43. The van der Waals surface area contributed by atoms with Gasteiger partial charge in [0, 0.05) is 17.8 Å². The van der Waals surface area contributed by atoms with Gasteiger partial charge in [0.25, 0.3) is 0 Å². The number of alkyl halides is 3. The molecule has 2 aromatic rings. The van der Waals surface area contributed by atoms with Crippen LogP contribution in [0.2, 0.25) is 0 Å². The van der Waals surface area contributed by atoms with Crippen molar-refractivity contribution in [1.82, 2.24) is 5.32 Å². The van der Waals surface area contributed by atoms with Crippen LogP contribution in [-0.4, -0.2) is 27.4 Å². The van der Waals surface area contributed by atoms with Gasteiger partial charge in [0.15, 0.2) is 0 Å². The molecule has 2 aromatic carbocycles. The van der Waals surface area contributed by atoms with E-state index in [4.69, 9.17) is 5.14 Å². The molecule has 1 heterocycles. The lowest BCUT2D eigenvalue weighted by Crippen LogP contribution is -2.44. The van der Waals surface area contributed by atoms with E-state index in [-0.39, 0.29) is 17.3 Å². The quantitative estimate of drug-likeness (QED) is 0.746. The summed E-state index contributed by atoms with van der Waals surface area (Å²) in [6, 6.07) is 9.32. The standard InChI is InChI=1S/C20H22F3N3O3S/c1-19(2,14-4-3-5-15(11-14)20(21,22)23)25-12-18(27)26-9-8-13-10-16(30(24,28)29)6-7-17(13)26/h3-7,10-11,25H,8-9,12H2,1-2H3,(H2,24,28,29). The normalized spacial score (nSPS) is 14.7. The molecule has 1 amide bonds. The first-order valence-corrected chi connectivity index (χ1v) is 10.7. The number of carbonyl (C=O) groups is 1. The van der Waals surface area contributed by atoms with Crippen LogP contribution in [0, 0.1) is 0 Å². The van der Waals surface area contributed by atoms with Gasteiger partial charge in [-0.25, -0.2) is 13.6 Å². The van der Waals surface area contributed by atoms with Gasteiger partial charge in [-0.3, -0.25) is 10.1 Å². The summed E-state index contributed by atoms with van der Waals surface area (Å²) in [5.41, 5.74) is 0.0832. The smallest absolute Gasteiger partial charge is 0.311 e. The first-order valence-electron chi connectivity index (χ1n) is 9.18. The van der Waals surface area contributed by atoms with Gasteiger partial charge < -0.3 is 4.90 Å². The van der Waals surface area contributed by atoms with Crippen LogP contribution >= 0.6 is 0 Å². The number of nitrogens with two attached hydrogens (primary N) is 1. The number of benzene rings is 2. The van der Waals surface area contributed by atoms with Crippen LogP contribution < -0.4 is 15.4 Å². The lowest BCUT2D eigenvalue weighted by atomic mass is 9.92. The Balaban J connectivity index is 1.73. The topological polar surface area (TPSA) is 92.5 Å². The molecule has 0 saturated carbocycles. The molecule has 0 aliphatic carbocycles. The van der Waals surface area contributed by atoms with Crippen molar-refractivity contribution in [3.05, 3.63) is 59.2 Å². The number of hydrogen-bond donors (Lipinski definition) is 2. The zero-order valence-corrected chi connectivity index (χ0v) is 17.3. The van der Waals surface area contributed by atoms with Crippen molar-refractivity contribution in [2.24, 2.45) is 5.14 Å². The van der Waals surface area contributed by atoms with Crippen LogP contribution in [-0.2, 0) is 33.0 Å². The first-order chi connectivity index (χ1) is 13.8. The van der Waals surface area contributed by atoms with Crippen molar-refractivity contribution in [2.75, 3.05) is 18.0 Å². The van der Waals surface area contributed by atoms with Crippen molar-refractivity contribution in [2.45, 2.75) is 36.9 Å². The number of primary sulfonamides is 1. The molecule has 10 heteroatoms.